The quantitative estimate of drug-likeness (QED) is 0.181. The van der Waals surface area contributed by atoms with Crippen molar-refractivity contribution in [2.45, 2.75) is 18.3 Å². The van der Waals surface area contributed by atoms with Crippen LogP contribution in [0.3, 0.4) is 0 Å². The number of rotatable bonds is 5. The first-order chi connectivity index (χ1) is 24.7. The van der Waals surface area contributed by atoms with Crippen LogP contribution in [0.1, 0.15) is 24.0 Å². The van der Waals surface area contributed by atoms with Gasteiger partial charge in [0.2, 0.25) is 0 Å². The monoisotopic (exact) mass is 639 g/mol. The van der Waals surface area contributed by atoms with Gasteiger partial charge in [-0.3, -0.25) is 0 Å². The molecule has 0 saturated heterocycles. The third-order valence-corrected chi connectivity index (χ3v) is 11.5. The van der Waals surface area contributed by atoms with Gasteiger partial charge in [-0.25, -0.2) is 0 Å². The summed E-state index contributed by atoms with van der Waals surface area (Å²) in [5.74, 6) is 1.06. The topological polar surface area (TPSA) is 3.24 Å². The number of nitrogens with zero attached hydrogens (tertiary/aromatic N) is 1. The lowest BCUT2D eigenvalue weighted by molar-refractivity contribution is 0.534. The molecule has 7 aromatic rings. The van der Waals surface area contributed by atoms with Crippen LogP contribution in [-0.2, 0) is 5.41 Å². The summed E-state index contributed by atoms with van der Waals surface area (Å²) in [5, 5.41) is 2.77. The molecule has 0 N–H and O–H groups in total. The number of anilines is 3. The van der Waals surface area contributed by atoms with E-state index in [4.69, 9.17) is 0 Å². The highest BCUT2D eigenvalue weighted by molar-refractivity contribution is 5.87. The standard InChI is InChI=1S/C49H37N/c1-3-11-34(12-4-1)36-19-23-42(24-20-36)50(43-25-21-37(22-26-43)35-13-5-2-6-14-35)44-27-28-46-45-17-9-10-18-47(45)49(48(46)31-44)32-40-29-38-15-7-8-16-39(38)30-41(40)33-49/h1-31,40-41H,32-33H2. The molecule has 0 heterocycles. The van der Waals surface area contributed by atoms with Gasteiger partial charge in [0.05, 0.1) is 0 Å². The Hall–Kier alpha value is -5.92. The van der Waals surface area contributed by atoms with Gasteiger partial charge < -0.3 is 4.90 Å². The molecule has 2 unspecified atom stereocenters. The van der Waals surface area contributed by atoms with Crippen LogP contribution in [0.4, 0.5) is 17.1 Å². The Balaban J connectivity index is 1.11. The summed E-state index contributed by atoms with van der Waals surface area (Å²) in [6.07, 6.45) is 7.39. The van der Waals surface area contributed by atoms with E-state index < -0.39 is 0 Å². The predicted molar refractivity (Wildman–Crippen MR) is 209 cm³/mol. The van der Waals surface area contributed by atoms with E-state index in [1.54, 1.807) is 0 Å². The molecule has 1 heteroatoms. The fraction of sp³-hybridized carbons (Fsp3) is 0.102. The molecule has 3 aliphatic rings. The highest BCUT2D eigenvalue weighted by Crippen LogP contribution is 2.61. The molecule has 1 fully saturated rings. The van der Waals surface area contributed by atoms with Crippen LogP contribution in [0.2, 0.25) is 0 Å². The normalized spacial score (nSPS) is 19.4. The molecule has 2 atom stereocenters. The van der Waals surface area contributed by atoms with Crippen molar-refractivity contribution in [1.82, 2.24) is 0 Å². The second-order valence-electron chi connectivity index (χ2n) is 14.2. The van der Waals surface area contributed by atoms with E-state index in [-0.39, 0.29) is 5.41 Å². The molecule has 0 bridgehead atoms. The third kappa shape index (κ3) is 4.69. The van der Waals surface area contributed by atoms with Crippen LogP contribution in [0, 0.1) is 11.8 Å². The summed E-state index contributed by atoms with van der Waals surface area (Å²) in [5.41, 5.74) is 14.1. The summed E-state index contributed by atoms with van der Waals surface area (Å²) >= 11 is 0. The SMILES string of the molecule is C1=c2ccccc2=CC2CC3(CC12)c1ccccc1-c1ccc(N(c2ccc(-c4ccccc4)cc2)c2ccc(-c4ccccc4)cc2)cc13. The first kappa shape index (κ1) is 29.0. The lowest BCUT2D eigenvalue weighted by atomic mass is 9.75. The average molecular weight is 640 g/mol. The van der Waals surface area contributed by atoms with Crippen molar-refractivity contribution >= 4 is 29.2 Å². The van der Waals surface area contributed by atoms with E-state index in [1.807, 2.05) is 0 Å². The summed E-state index contributed by atoms with van der Waals surface area (Å²) in [7, 11) is 0. The van der Waals surface area contributed by atoms with Crippen LogP contribution >= 0.6 is 0 Å². The fourth-order valence-electron chi connectivity index (χ4n) is 9.17. The lowest BCUT2D eigenvalue weighted by Gasteiger charge is -2.30. The number of fused-ring (bicyclic) bond motifs is 7. The molecule has 1 nitrogen and oxygen atoms in total. The molecule has 0 aliphatic heterocycles. The Bertz CT molecular complexity index is 2350. The lowest BCUT2D eigenvalue weighted by Crippen LogP contribution is -2.30. The maximum Gasteiger partial charge on any atom is 0.0465 e. The van der Waals surface area contributed by atoms with Gasteiger partial charge in [0.1, 0.15) is 0 Å². The van der Waals surface area contributed by atoms with Crippen molar-refractivity contribution in [3.05, 3.63) is 197 Å². The number of hydrogen-bond donors (Lipinski definition) is 0. The van der Waals surface area contributed by atoms with Gasteiger partial charge >= 0.3 is 0 Å². The van der Waals surface area contributed by atoms with E-state index in [9.17, 15) is 0 Å². The highest BCUT2D eigenvalue weighted by Gasteiger charge is 2.51. The Kier molecular flexibility index (Phi) is 6.74. The zero-order valence-corrected chi connectivity index (χ0v) is 27.9. The van der Waals surface area contributed by atoms with Crippen molar-refractivity contribution in [2.24, 2.45) is 11.8 Å². The van der Waals surface area contributed by atoms with Gasteiger partial charge in [-0.05, 0) is 116 Å². The molecule has 1 saturated carbocycles. The van der Waals surface area contributed by atoms with Crippen LogP contribution in [-0.4, -0.2) is 0 Å². The van der Waals surface area contributed by atoms with Gasteiger partial charge in [-0.1, -0.05) is 152 Å². The van der Waals surface area contributed by atoms with Crippen LogP contribution < -0.4 is 15.3 Å². The smallest absolute Gasteiger partial charge is 0.0465 e. The van der Waals surface area contributed by atoms with Crippen molar-refractivity contribution in [2.75, 3.05) is 4.90 Å². The fourth-order valence-corrected chi connectivity index (χ4v) is 9.17. The van der Waals surface area contributed by atoms with E-state index in [0.29, 0.717) is 11.8 Å². The predicted octanol–water partition coefficient (Wildman–Crippen LogP) is 11.1. The molecular weight excluding hydrogens is 603 g/mol. The third-order valence-electron chi connectivity index (χ3n) is 11.5. The molecule has 7 aromatic carbocycles. The summed E-state index contributed by atoms with van der Waals surface area (Å²) < 4.78 is 0. The molecule has 0 aromatic heterocycles. The Morgan fingerprint density at radius 1 is 0.380 bits per heavy atom. The molecule has 1 spiro atoms. The summed E-state index contributed by atoms with van der Waals surface area (Å²) in [6.45, 7) is 0. The first-order valence-electron chi connectivity index (χ1n) is 17.9. The van der Waals surface area contributed by atoms with Crippen molar-refractivity contribution in [3.63, 3.8) is 0 Å². The van der Waals surface area contributed by atoms with Crippen LogP contribution in [0.15, 0.2) is 176 Å². The minimum Gasteiger partial charge on any atom is -0.310 e. The van der Waals surface area contributed by atoms with E-state index in [1.165, 1.54) is 60.6 Å². The van der Waals surface area contributed by atoms with Gasteiger partial charge in [-0.15, -0.1) is 0 Å². The van der Waals surface area contributed by atoms with Crippen molar-refractivity contribution < 1.29 is 0 Å². The maximum absolute atomic E-state index is 2.56. The highest BCUT2D eigenvalue weighted by atomic mass is 15.1. The Labute approximate surface area is 294 Å². The van der Waals surface area contributed by atoms with Gasteiger partial charge in [0, 0.05) is 22.5 Å². The zero-order chi connectivity index (χ0) is 33.1. The van der Waals surface area contributed by atoms with Crippen molar-refractivity contribution in [1.29, 1.82) is 0 Å². The minimum absolute atomic E-state index is 0.0215. The van der Waals surface area contributed by atoms with E-state index >= 15 is 0 Å². The second-order valence-corrected chi connectivity index (χ2v) is 14.2. The van der Waals surface area contributed by atoms with Gasteiger partial charge in [0.15, 0.2) is 0 Å². The van der Waals surface area contributed by atoms with Crippen LogP contribution in [0.5, 0.6) is 0 Å². The first-order valence-corrected chi connectivity index (χ1v) is 17.9. The Morgan fingerprint density at radius 3 is 1.38 bits per heavy atom. The van der Waals surface area contributed by atoms with Gasteiger partial charge in [0.25, 0.3) is 0 Å². The molecule has 0 radical (unpaired) electrons. The zero-order valence-electron chi connectivity index (χ0n) is 27.9. The van der Waals surface area contributed by atoms with E-state index in [0.717, 1.165) is 24.2 Å². The molecule has 50 heavy (non-hydrogen) atoms. The van der Waals surface area contributed by atoms with Crippen molar-refractivity contribution in [3.8, 4) is 33.4 Å². The number of benzene rings is 7. The molecule has 3 aliphatic carbocycles. The molecule has 10 rings (SSSR count). The summed E-state index contributed by atoms with van der Waals surface area (Å²) in [4.78, 5) is 2.44. The second kappa shape index (κ2) is 11.6. The summed E-state index contributed by atoms with van der Waals surface area (Å²) in [6, 6.07) is 64.8. The molecular formula is C49H37N. The average Bonchev–Trinajstić information content (AvgIpc) is 3.69. The maximum atomic E-state index is 2.56. The largest absolute Gasteiger partial charge is 0.310 e. The Morgan fingerprint density at radius 2 is 0.820 bits per heavy atom. The molecule has 0 amide bonds. The van der Waals surface area contributed by atoms with Crippen LogP contribution in [0.25, 0.3) is 45.5 Å². The minimum atomic E-state index is -0.0215. The molecule has 238 valence electrons. The van der Waals surface area contributed by atoms with E-state index in [2.05, 4.69) is 193 Å². The number of hydrogen-bond acceptors (Lipinski definition) is 1. The van der Waals surface area contributed by atoms with Gasteiger partial charge in [-0.2, -0.15) is 0 Å².